The van der Waals surface area contributed by atoms with Crippen molar-refractivity contribution < 1.29 is 27.5 Å². The minimum atomic E-state index is -4.98. The Bertz CT molecular complexity index is 712. The molecule has 0 aliphatic rings. The first kappa shape index (κ1) is 16.9. The van der Waals surface area contributed by atoms with E-state index in [-0.39, 0.29) is 11.2 Å². The zero-order chi connectivity index (χ0) is 17.2. The van der Waals surface area contributed by atoms with E-state index in [2.05, 4.69) is 15.6 Å². The lowest BCUT2D eigenvalue weighted by Crippen LogP contribution is -2.32. The van der Waals surface area contributed by atoms with Crippen LogP contribution >= 0.6 is 0 Å². The molecule has 2 aromatic rings. The second-order valence-electron chi connectivity index (χ2n) is 4.71. The molecule has 1 unspecified atom stereocenters. The van der Waals surface area contributed by atoms with Gasteiger partial charge in [-0.1, -0.05) is 17.3 Å². The van der Waals surface area contributed by atoms with Crippen LogP contribution in [0.4, 0.5) is 17.6 Å². The molecule has 0 spiro atoms. The van der Waals surface area contributed by atoms with E-state index in [0.29, 0.717) is 0 Å². The highest BCUT2D eigenvalue weighted by molar-refractivity contribution is 5.93. The molecule has 23 heavy (non-hydrogen) atoms. The predicted molar refractivity (Wildman–Crippen MR) is 70.3 cm³/mol. The van der Waals surface area contributed by atoms with Gasteiger partial charge >= 0.3 is 6.18 Å². The van der Waals surface area contributed by atoms with Gasteiger partial charge in [0, 0.05) is 6.54 Å². The fourth-order valence-corrected chi connectivity index (χ4v) is 1.81. The van der Waals surface area contributed by atoms with Crippen molar-refractivity contribution >= 4 is 5.91 Å². The monoisotopic (exact) mass is 332 g/mol. The minimum Gasteiger partial charge on any atom is -0.392 e. The Morgan fingerprint density at radius 3 is 2.61 bits per heavy atom. The first-order valence-electron chi connectivity index (χ1n) is 6.46. The number of alkyl halides is 3. The first-order valence-corrected chi connectivity index (χ1v) is 6.46. The predicted octanol–water partition coefficient (Wildman–Crippen LogP) is 1.54. The molecule has 0 fully saturated rings. The molecular weight excluding hydrogens is 320 g/mol. The molecule has 1 aromatic carbocycles. The quantitative estimate of drug-likeness (QED) is 0.833. The fraction of sp³-hybridized carbons (Fsp3) is 0.308. The van der Waals surface area contributed by atoms with Gasteiger partial charge in [-0.3, -0.25) is 4.79 Å². The van der Waals surface area contributed by atoms with Crippen molar-refractivity contribution in [1.82, 2.24) is 20.3 Å². The van der Waals surface area contributed by atoms with Gasteiger partial charge in [0.05, 0.1) is 6.10 Å². The molecular formula is C13H12F4N4O2. The van der Waals surface area contributed by atoms with E-state index in [1.807, 2.05) is 0 Å². The highest BCUT2D eigenvalue weighted by Crippen LogP contribution is 2.33. The molecule has 124 valence electrons. The van der Waals surface area contributed by atoms with Crippen LogP contribution in [-0.2, 0) is 6.18 Å². The molecule has 10 heteroatoms. The van der Waals surface area contributed by atoms with Crippen molar-refractivity contribution in [2.75, 3.05) is 6.54 Å². The highest BCUT2D eigenvalue weighted by atomic mass is 19.4. The largest absolute Gasteiger partial charge is 0.435 e. The zero-order valence-corrected chi connectivity index (χ0v) is 11.8. The molecule has 0 aliphatic carbocycles. The molecule has 1 amide bonds. The van der Waals surface area contributed by atoms with Crippen LogP contribution in [0.3, 0.4) is 0 Å². The van der Waals surface area contributed by atoms with E-state index in [1.54, 1.807) is 0 Å². The summed E-state index contributed by atoms with van der Waals surface area (Å²) in [6.07, 6.45) is -5.93. The Kier molecular flexibility index (Phi) is 4.64. The standard InChI is InChI=1S/C13H12F4N4O2/c1-7(22)6-18-12(23)10-11(13(15,16)17)21(20-19-10)9-5-3-2-4-8(9)14/h2-5,7,22H,6H2,1H3,(H,18,23). The van der Waals surface area contributed by atoms with Gasteiger partial charge in [-0.15, -0.1) is 5.10 Å². The summed E-state index contributed by atoms with van der Waals surface area (Å²) in [4.78, 5) is 11.8. The number of para-hydroxylation sites is 1. The highest BCUT2D eigenvalue weighted by Gasteiger charge is 2.42. The third kappa shape index (κ3) is 3.65. The second-order valence-corrected chi connectivity index (χ2v) is 4.71. The van der Waals surface area contributed by atoms with Crippen molar-refractivity contribution in [2.45, 2.75) is 19.2 Å². The average Bonchev–Trinajstić information content (AvgIpc) is 2.90. The summed E-state index contributed by atoms with van der Waals surface area (Å²) < 4.78 is 53.7. The summed E-state index contributed by atoms with van der Waals surface area (Å²) in [6.45, 7) is 1.09. The molecule has 0 radical (unpaired) electrons. The first-order chi connectivity index (χ1) is 10.7. The Hall–Kier alpha value is -2.49. The maximum atomic E-state index is 13.7. The van der Waals surface area contributed by atoms with Crippen LogP contribution in [0.5, 0.6) is 0 Å². The zero-order valence-electron chi connectivity index (χ0n) is 11.8. The summed E-state index contributed by atoms with van der Waals surface area (Å²) in [6, 6.07) is 4.67. The van der Waals surface area contributed by atoms with Crippen LogP contribution in [0.25, 0.3) is 5.69 Å². The SMILES string of the molecule is CC(O)CNC(=O)c1nnn(-c2ccccc2F)c1C(F)(F)F. The third-order valence-electron chi connectivity index (χ3n) is 2.79. The lowest BCUT2D eigenvalue weighted by molar-refractivity contribution is -0.143. The molecule has 6 nitrogen and oxygen atoms in total. The second kappa shape index (κ2) is 6.32. The molecule has 2 rings (SSSR count). The Labute approximate surface area is 127 Å². The number of amides is 1. The van der Waals surface area contributed by atoms with E-state index >= 15 is 0 Å². The molecule has 2 N–H and O–H groups in total. The van der Waals surface area contributed by atoms with Crippen molar-refractivity contribution in [3.8, 4) is 5.69 Å². The Morgan fingerprint density at radius 2 is 2.04 bits per heavy atom. The molecule has 0 saturated carbocycles. The maximum absolute atomic E-state index is 13.7. The smallest absolute Gasteiger partial charge is 0.392 e. The van der Waals surface area contributed by atoms with Crippen LogP contribution in [0.2, 0.25) is 0 Å². The number of benzene rings is 1. The Balaban J connectivity index is 2.51. The van der Waals surface area contributed by atoms with Crippen molar-refractivity contribution in [2.24, 2.45) is 0 Å². The number of rotatable bonds is 4. The molecule has 0 saturated heterocycles. The number of aliphatic hydroxyl groups is 1. The van der Waals surface area contributed by atoms with E-state index in [4.69, 9.17) is 5.11 Å². The van der Waals surface area contributed by atoms with E-state index in [0.717, 1.165) is 12.1 Å². The molecule has 1 aromatic heterocycles. The van der Waals surface area contributed by atoms with E-state index < -0.39 is 41.1 Å². The van der Waals surface area contributed by atoms with Crippen LogP contribution in [0.1, 0.15) is 23.1 Å². The van der Waals surface area contributed by atoms with Gasteiger partial charge in [-0.05, 0) is 19.1 Å². The lowest BCUT2D eigenvalue weighted by atomic mass is 10.2. The van der Waals surface area contributed by atoms with Crippen LogP contribution < -0.4 is 5.32 Å². The van der Waals surface area contributed by atoms with Gasteiger partial charge in [0.2, 0.25) is 0 Å². The molecule has 0 bridgehead atoms. The van der Waals surface area contributed by atoms with Gasteiger partial charge in [-0.25, -0.2) is 9.07 Å². The molecule has 1 heterocycles. The number of hydrogen-bond donors (Lipinski definition) is 2. The van der Waals surface area contributed by atoms with E-state index in [9.17, 15) is 22.4 Å². The molecule has 0 aliphatic heterocycles. The number of aliphatic hydroxyl groups excluding tert-OH is 1. The van der Waals surface area contributed by atoms with Gasteiger partial charge in [0.15, 0.2) is 11.4 Å². The number of hydrogen-bond acceptors (Lipinski definition) is 4. The van der Waals surface area contributed by atoms with Crippen LogP contribution in [0, 0.1) is 5.82 Å². The van der Waals surface area contributed by atoms with Crippen molar-refractivity contribution in [1.29, 1.82) is 0 Å². The van der Waals surface area contributed by atoms with Gasteiger partial charge < -0.3 is 10.4 Å². The number of carbonyl (C=O) groups excluding carboxylic acids is 1. The maximum Gasteiger partial charge on any atom is 0.435 e. The van der Waals surface area contributed by atoms with Crippen LogP contribution in [0.15, 0.2) is 24.3 Å². The number of halogens is 4. The lowest BCUT2D eigenvalue weighted by Gasteiger charge is -2.12. The molecule has 1 atom stereocenters. The minimum absolute atomic E-state index is 0.229. The number of carbonyl (C=O) groups is 1. The summed E-state index contributed by atoms with van der Waals surface area (Å²) in [5.41, 5.74) is -2.98. The Morgan fingerprint density at radius 1 is 1.39 bits per heavy atom. The van der Waals surface area contributed by atoms with Gasteiger partial charge in [-0.2, -0.15) is 13.2 Å². The number of aromatic nitrogens is 3. The summed E-state index contributed by atoms with van der Waals surface area (Å²) in [5, 5.41) is 17.6. The van der Waals surface area contributed by atoms with Crippen molar-refractivity contribution in [3.05, 3.63) is 41.5 Å². The van der Waals surface area contributed by atoms with Gasteiger partial charge in [0.25, 0.3) is 5.91 Å². The van der Waals surface area contributed by atoms with Gasteiger partial charge in [0.1, 0.15) is 11.5 Å². The summed E-state index contributed by atoms with van der Waals surface area (Å²) in [5.74, 6) is -2.11. The normalized spacial score (nSPS) is 13.0. The summed E-state index contributed by atoms with van der Waals surface area (Å²) >= 11 is 0. The number of nitrogens with one attached hydrogen (secondary N) is 1. The van der Waals surface area contributed by atoms with Crippen LogP contribution in [-0.4, -0.2) is 38.7 Å². The topological polar surface area (TPSA) is 80.0 Å². The number of nitrogens with zero attached hydrogens (tertiary/aromatic N) is 3. The van der Waals surface area contributed by atoms with Crippen molar-refractivity contribution in [3.63, 3.8) is 0 Å². The van der Waals surface area contributed by atoms with E-state index in [1.165, 1.54) is 19.1 Å². The average molecular weight is 332 g/mol. The third-order valence-corrected chi connectivity index (χ3v) is 2.79. The fourth-order valence-electron chi connectivity index (χ4n) is 1.81. The summed E-state index contributed by atoms with van der Waals surface area (Å²) in [7, 11) is 0.